The van der Waals surface area contributed by atoms with Crippen LogP contribution >= 0.6 is 0 Å². The Bertz CT molecular complexity index is 294. The van der Waals surface area contributed by atoms with E-state index in [2.05, 4.69) is 26.8 Å². The zero-order valence-electron chi connectivity index (χ0n) is 12.9. The molecule has 2 heteroatoms. The van der Waals surface area contributed by atoms with Crippen LogP contribution in [0.25, 0.3) is 0 Å². The lowest BCUT2D eigenvalue weighted by molar-refractivity contribution is -0.136. The van der Waals surface area contributed by atoms with Gasteiger partial charge in [0, 0.05) is 0 Å². The van der Waals surface area contributed by atoms with Gasteiger partial charge in [-0.3, -0.25) is 4.79 Å². The first kappa shape index (κ1) is 17.9. The maximum atomic E-state index is 10.9. The summed E-state index contributed by atoms with van der Waals surface area (Å²) in [7, 11) is 0. The summed E-state index contributed by atoms with van der Waals surface area (Å²) >= 11 is 0. The zero-order chi connectivity index (χ0) is 14.5. The molecule has 110 valence electrons. The molecule has 0 aromatic heterocycles. The summed E-state index contributed by atoms with van der Waals surface area (Å²) in [4.78, 5) is 10.9. The minimum atomic E-state index is -0.734. The van der Waals surface area contributed by atoms with E-state index >= 15 is 0 Å². The first-order valence-corrected chi connectivity index (χ1v) is 7.74. The average Bonchev–Trinajstić information content (AvgIpc) is 2.38. The third-order valence-electron chi connectivity index (χ3n) is 3.44. The standard InChI is InChI=1S/C17H30O2/c1-4-7-8-9-10-11-12-13-16(14-17(18)19)15(5-2)6-3/h12-13H,4-11,14H2,1-3H3,(H,18,19)/b13-12+. The van der Waals surface area contributed by atoms with Gasteiger partial charge in [0.2, 0.25) is 0 Å². The topological polar surface area (TPSA) is 37.3 Å². The van der Waals surface area contributed by atoms with Crippen LogP contribution < -0.4 is 0 Å². The van der Waals surface area contributed by atoms with Gasteiger partial charge in [-0.2, -0.15) is 0 Å². The molecule has 0 heterocycles. The second-order valence-corrected chi connectivity index (χ2v) is 5.01. The number of hydrogen-bond acceptors (Lipinski definition) is 1. The number of carboxylic acid groups (broad SMARTS) is 1. The SMILES string of the molecule is CCCCCCC/C=C/C(CC(=O)O)=C(CC)CC. The van der Waals surface area contributed by atoms with Crippen LogP contribution in [0.2, 0.25) is 0 Å². The van der Waals surface area contributed by atoms with E-state index in [9.17, 15) is 4.79 Å². The monoisotopic (exact) mass is 266 g/mol. The van der Waals surface area contributed by atoms with Crippen LogP contribution in [0, 0.1) is 0 Å². The van der Waals surface area contributed by atoms with Crippen molar-refractivity contribution in [1.29, 1.82) is 0 Å². The highest BCUT2D eigenvalue weighted by molar-refractivity contribution is 5.71. The summed E-state index contributed by atoms with van der Waals surface area (Å²) in [5.41, 5.74) is 2.27. The van der Waals surface area contributed by atoms with Crippen LogP contribution in [0.1, 0.15) is 78.6 Å². The van der Waals surface area contributed by atoms with E-state index in [1.54, 1.807) is 0 Å². The van der Waals surface area contributed by atoms with Gasteiger partial charge in [-0.15, -0.1) is 0 Å². The minimum absolute atomic E-state index is 0.156. The lowest BCUT2D eigenvalue weighted by atomic mass is 9.99. The molecule has 0 bridgehead atoms. The van der Waals surface area contributed by atoms with Crippen molar-refractivity contribution < 1.29 is 9.90 Å². The molecule has 1 N–H and O–H groups in total. The quantitative estimate of drug-likeness (QED) is 0.396. The number of carbonyl (C=O) groups is 1. The van der Waals surface area contributed by atoms with E-state index < -0.39 is 5.97 Å². The van der Waals surface area contributed by atoms with Crippen molar-refractivity contribution in [2.24, 2.45) is 0 Å². The molecular formula is C17H30O2. The van der Waals surface area contributed by atoms with E-state index in [4.69, 9.17) is 5.11 Å². The van der Waals surface area contributed by atoms with Crippen molar-refractivity contribution in [3.63, 3.8) is 0 Å². The Balaban J connectivity index is 4.25. The highest BCUT2D eigenvalue weighted by Crippen LogP contribution is 2.18. The number of hydrogen-bond donors (Lipinski definition) is 1. The Hall–Kier alpha value is -1.05. The molecule has 19 heavy (non-hydrogen) atoms. The van der Waals surface area contributed by atoms with Crippen LogP contribution in [0.3, 0.4) is 0 Å². The van der Waals surface area contributed by atoms with Crippen LogP contribution in [-0.4, -0.2) is 11.1 Å². The predicted octanol–water partition coefficient (Wildman–Crippen LogP) is 5.49. The maximum Gasteiger partial charge on any atom is 0.307 e. The van der Waals surface area contributed by atoms with Gasteiger partial charge in [-0.25, -0.2) is 0 Å². The van der Waals surface area contributed by atoms with Crippen LogP contribution in [0.4, 0.5) is 0 Å². The van der Waals surface area contributed by atoms with Gasteiger partial charge < -0.3 is 5.11 Å². The van der Waals surface area contributed by atoms with Crippen molar-refractivity contribution in [2.45, 2.75) is 78.6 Å². The summed E-state index contributed by atoms with van der Waals surface area (Å²) in [5, 5.41) is 8.96. The Morgan fingerprint density at radius 1 is 1.00 bits per heavy atom. The van der Waals surface area contributed by atoms with Gasteiger partial charge >= 0.3 is 5.97 Å². The van der Waals surface area contributed by atoms with E-state index in [1.165, 1.54) is 37.7 Å². The average molecular weight is 266 g/mol. The molecule has 0 radical (unpaired) electrons. The molecule has 2 nitrogen and oxygen atoms in total. The normalized spacial score (nSPS) is 10.9. The zero-order valence-corrected chi connectivity index (χ0v) is 12.9. The van der Waals surface area contributed by atoms with Gasteiger partial charge in [0.05, 0.1) is 6.42 Å². The van der Waals surface area contributed by atoms with Gasteiger partial charge in [0.15, 0.2) is 0 Å². The van der Waals surface area contributed by atoms with E-state index in [1.807, 2.05) is 6.08 Å². The molecule has 0 unspecified atom stereocenters. The number of rotatable bonds is 11. The number of allylic oxidation sites excluding steroid dienone is 3. The highest BCUT2D eigenvalue weighted by atomic mass is 16.4. The smallest absolute Gasteiger partial charge is 0.307 e. The number of aliphatic carboxylic acids is 1. The summed E-state index contributed by atoms with van der Waals surface area (Å²) in [6.07, 6.45) is 13.7. The molecule has 0 fully saturated rings. The maximum absolute atomic E-state index is 10.9. The van der Waals surface area contributed by atoms with Crippen molar-refractivity contribution in [2.75, 3.05) is 0 Å². The van der Waals surface area contributed by atoms with Crippen LogP contribution in [0.5, 0.6) is 0 Å². The van der Waals surface area contributed by atoms with Gasteiger partial charge in [0.1, 0.15) is 0 Å². The fourth-order valence-corrected chi connectivity index (χ4v) is 2.26. The third-order valence-corrected chi connectivity index (χ3v) is 3.44. The molecule has 0 aliphatic rings. The fourth-order valence-electron chi connectivity index (χ4n) is 2.26. The third kappa shape index (κ3) is 9.52. The van der Waals surface area contributed by atoms with E-state index in [0.717, 1.165) is 24.8 Å². The van der Waals surface area contributed by atoms with E-state index in [0.29, 0.717) is 0 Å². The number of carboxylic acids is 1. The first-order chi connectivity index (χ1) is 9.15. The van der Waals surface area contributed by atoms with Crippen LogP contribution in [-0.2, 0) is 4.79 Å². The molecule has 0 aromatic rings. The Labute approximate surface area is 118 Å². The predicted molar refractivity (Wildman–Crippen MR) is 82.4 cm³/mol. The molecule has 0 saturated heterocycles. The Kier molecular flexibility index (Phi) is 11.3. The summed E-state index contributed by atoms with van der Waals surface area (Å²) < 4.78 is 0. The van der Waals surface area contributed by atoms with Crippen molar-refractivity contribution in [3.05, 3.63) is 23.3 Å². The van der Waals surface area contributed by atoms with Crippen molar-refractivity contribution >= 4 is 5.97 Å². The molecule has 0 saturated carbocycles. The van der Waals surface area contributed by atoms with Gasteiger partial charge in [-0.05, 0) is 31.3 Å². The summed E-state index contributed by atoms with van der Waals surface area (Å²) in [5.74, 6) is -0.734. The second-order valence-electron chi connectivity index (χ2n) is 5.01. The van der Waals surface area contributed by atoms with Crippen LogP contribution in [0.15, 0.2) is 23.3 Å². The Morgan fingerprint density at radius 2 is 1.63 bits per heavy atom. The van der Waals surface area contributed by atoms with Gasteiger partial charge in [0.25, 0.3) is 0 Å². The van der Waals surface area contributed by atoms with Crippen molar-refractivity contribution in [3.8, 4) is 0 Å². The molecule has 0 aliphatic heterocycles. The highest BCUT2D eigenvalue weighted by Gasteiger charge is 2.05. The molecule has 0 aromatic carbocycles. The molecular weight excluding hydrogens is 236 g/mol. The molecule has 0 spiro atoms. The Morgan fingerprint density at radius 3 is 2.16 bits per heavy atom. The van der Waals surface area contributed by atoms with Gasteiger partial charge in [-0.1, -0.05) is 64.2 Å². The lowest BCUT2D eigenvalue weighted by Gasteiger charge is -2.07. The van der Waals surface area contributed by atoms with Crippen molar-refractivity contribution in [1.82, 2.24) is 0 Å². The largest absolute Gasteiger partial charge is 0.481 e. The number of unbranched alkanes of at least 4 members (excludes halogenated alkanes) is 5. The lowest BCUT2D eigenvalue weighted by Crippen LogP contribution is -1.99. The molecule has 0 aliphatic carbocycles. The second kappa shape index (κ2) is 12.0. The minimum Gasteiger partial charge on any atom is -0.481 e. The first-order valence-electron chi connectivity index (χ1n) is 7.74. The fraction of sp³-hybridized carbons (Fsp3) is 0.706. The summed E-state index contributed by atoms with van der Waals surface area (Å²) in [6.45, 7) is 6.42. The molecule has 0 rings (SSSR count). The summed E-state index contributed by atoms with van der Waals surface area (Å²) in [6, 6.07) is 0. The van der Waals surface area contributed by atoms with E-state index in [-0.39, 0.29) is 6.42 Å². The molecule has 0 atom stereocenters. The molecule has 0 amide bonds.